The lowest BCUT2D eigenvalue weighted by Gasteiger charge is -2.34. The molecule has 0 aliphatic carbocycles. The average molecular weight is 420 g/mol. The van der Waals surface area contributed by atoms with Gasteiger partial charge < -0.3 is 19.3 Å². The van der Waals surface area contributed by atoms with Crippen molar-refractivity contribution in [3.8, 4) is 5.75 Å². The Labute approximate surface area is 173 Å². The molecule has 0 atom stereocenters. The van der Waals surface area contributed by atoms with Gasteiger partial charge in [0.05, 0.1) is 12.7 Å². The van der Waals surface area contributed by atoms with Crippen LogP contribution in [0.2, 0.25) is 0 Å². The van der Waals surface area contributed by atoms with Crippen LogP contribution in [0.5, 0.6) is 5.75 Å². The molecule has 4 rings (SSSR count). The molecule has 0 unspecified atom stereocenters. The fraction of sp³-hybridized carbons (Fsp3) is 0.368. The zero-order valence-electron chi connectivity index (χ0n) is 15.9. The number of hydrogen-bond donors (Lipinski definition) is 1. The average Bonchev–Trinajstić information content (AvgIpc) is 3.45. The number of aromatic nitrogens is 4. The van der Waals surface area contributed by atoms with Crippen molar-refractivity contribution in [2.75, 3.05) is 20.2 Å². The first-order valence-electron chi connectivity index (χ1n) is 9.06. The molecule has 3 heterocycles. The van der Waals surface area contributed by atoms with Crippen LogP contribution in [0, 0.1) is 0 Å². The smallest absolute Gasteiger partial charge is 0.337 e. The molecule has 154 valence electrons. The molecule has 0 spiro atoms. The van der Waals surface area contributed by atoms with E-state index < -0.39 is 11.5 Å². The highest BCUT2D eigenvalue weighted by atomic mass is 35.5. The van der Waals surface area contributed by atoms with E-state index in [-0.39, 0.29) is 19.0 Å². The van der Waals surface area contributed by atoms with Gasteiger partial charge in [0.15, 0.2) is 6.61 Å². The molecule has 0 bridgehead atoms. The monoisotopic (exact) mass is 419 g/mol. The Morgan fingerprint density at radius 1 is 1.31 bits per heavy atom. The highest BCUT2D eigenvalue weighted by Gasteiger charge is 2.41. The first kappa shape index (κ1) is 20.8. The predicted octanol–water partition coefficient (Wildman–Crippen LogP) is 2.18. The number of ether oxygens (including phenoxy) is 2. The summed E-state index contributed by atoms with van der Waals surface area (Å²) < 4.78 is 17.9. The second-order valence-electron chi connectivity index (χ2n) is 6.56. The Morgan fingerprint density at radius 2 is 2.14 bits per heavy atom. The van der Waals surface area contributed by atoms with E-state index in [4.69, 9.17) is 14.0 Å². The molecular formula is C19H22ClN5O4. The maximum absolute atomic E-state index is 11.6. The summed E-state index contributed by atoms with van der Waals surface area (Å²) in [5.41, 5.74) is -0.0358. The Balaban J connectivity index is 0.00000240. The molecule has 29 heavy (non-hydrogen) atoms. The van der Waals surface area contributed by atoms with Crippen LogP contribution in [0.1, 0.15) is 34.9 Å². The molecule has 1 aromatic carbocycles. The molecule has 3 aromatic rings. The number of nitrogens with zero attached hydrogens (tertiary/aromatic N) is 4. The van der Waals surface area contributed by atoms with Crippen molar-refractivity contribution in [3.63, 3.8) is 0 Å². The van der Waals surface area contributed by atoms with E-state index in [0.717, 1.165) is 25.9 Å². The van der Waals surface area contributed by atoms with E-state index in [1.165, 1.54) is 7.11 Å². The lowest BCUT2D eigenvalue weighted by atomic mass is 9.88. The molecule has 0 saturated carbocycles. The van der Waals surface area contributed by atoms with Gasteiger partial charge in [-0.15, -0.1) is 12.4 Å². The minimum atomic E-state index is -0.454. The topological polar surface area (TPSA) is 104 Å². The second kappa shape index (κ2) is 9.06. The van der Waals surface area contributed by atoms with Gasteiger partial charge in [0, 0.05) is 12.4 Å². The molecule has 1 aliphatic heterocycles. The summed E-state index contributed by atoms with van der Waals surface area (Å²) in [6.07, 6.45) is 5.28. The molecule has 0 radical (unpaired) electrons. The quantitative estimate of drug-likeness (QED) is 0.606. The number of hydrogen-bond acceptors (Lipinski definition) is 8. The van der Waals surface area contributed by atoms with Crippen LogP contribution >= 0.6 is 12.4 Å². The zero-order chi connectivity index (χ0) is 19.4. The molecule has 9 nitrogen and oxygen atoms in total. The summed E-state index contributed by atoms with van der Waals surface area (Å²) in [6, 6.07) is 8.65. The molecule has 1 N–H and O–H groups in total. The molecule has 2 aromatic heterocycles. The van der Waals surface area contributed by atoms with E-state index in [0.29, 0.717) is 23.0 Å². The number of piperidine rings is 1. The molecule has 1 fully saturated rings. The molecule has 10 heteroatoms. The Bertz CT molecular complexity index is 938. The number of esters is 1. The normalized spacial score (nSPS) is 15.3. The van der Waals surface area contributed by atoms with Crippen molar-refractivity contribution >= 4 is 18.4 Å². The summed E-state index contributed by atoms with van der Waals surface area (Å²) in [6.45, 7) is 1.81. The zero-order valence-corrected chi connectivity index (χ0v) is 16.7. The maximum atomic E-state index is 11.6. The van der Waals surface area contributed by atoms with Crippen molar-refractivity contribution in [1.29, 1.82) is 0 Å². The summed E-state index contributed by atoms with van der Waals surface area (Å²) in [5, 5.41) is 11.8. The van der Waals surface area contributed by atoms with Gasteiger partial charge in [0.1, 0.15) is 11.3 Å². The van der Waals surface area contributed by atoms with Gasteiger partial charge in [-0.1, -0.05) is 11.2 Å². The summed E-state index contributed by atoms with van der Waals surface area (Å²) >= 11 is 0. The summed E-state index contributed by atoms with van der Waals surface area (Å²) in [4.78, 5) is 16.2. The number of nitrogens with one attached hydrogen (secondary N) is 1. The first-order chi connectivity index (χ1) is 13.7. The van der Waals surface area contributed by atoms with Crippen molar-refractivity contribution in [1.82, 2.24) is 25.2 Å². The largest absolute Gasteiger partial charge is 0.485 e. The van der Waals surface area contributed by atoms with E-state index >= 15 is 0 Å². The number of carbonyl (C=O) groups excluding carboxylic acids is 1. The van der Waals surface area contributed by atoms with E-state index in [2.05, 4.69) is 20.6 Å². The van der Waals surface area contributed by atoms with Crippen molar-refractivity contribution < 1.29 is 18.8 Å². The third kappa shape index (κ3) is 4.25. The number of methoxy groups -OCH3 is 1. The van der Waals surface area contributed by atoms with Crippen LogP contribution in [-0.2, 0) is 16.9 Å². The molecule has 0 amide bonds. The molecular weight excluding hydrogens is 398 g/mol. The predicted molar refractivity (Wildman–Crippen MR) is 105 cm³/mol. The fourth-order valence-electron chi connectivity index (χ4n) is 3.38. The first-order valence-corrected chi connectivity index (χ1v) is 9.06. The van der Waals surface area contributed by atoms with Crippen LogP contribution in [0.3, 0.4) is 0 Å². The van der Waals surface area contributed by atoms with Crippen LogP contribution in [0.15, 0.2) is 47.2 Å². The second-order valence-corrected chi connectivity index (χ2v) is 6.56. The van der Waals surface area contributed by atoms with E-state index in [1.807, 2.05) is 16.9 Å². The molecule has 1 saturated heterocycles. The minimum Gasteiger partial charge on any atom is -0.485 e. The van der Waals surface area contributed by atoms with Gasteiger partial charge in [-0.2, -0.15) is 10.1 Å². The Hall–Kier alpha value is -2.91. The fourth-order valence-corrected chi connectivity index (χ4v) is 3.38. The number of carbonyl (C=O) groups is 1. The van der Waals surface area contributed by atoms with Gasteiger partial charge in [-0.3, -0.25) is 4.68 Å². The van der Waals surface area contributed by atoms with Gasteiger partial charge in [-0.05, 0) is 50.2 Å². The van der Waals surface area contributed by atoms with Gasteiger partial charge in [0.2, 0.25) is 5.82 Å². The minimum absolute atomic E-state index is 0. The van der Waals surface area contributed by atoms with Crippen LogP contribution in [0.4, 0.5) is 0 Å². The van der Waals surface area contributed by atoms with Crippen molar-refractivity contribution in [3.05, 3.63) is 60.0 Å². The standard InChI is InChI=1S/C19H21N5O4.ClH/c1-26-17(25)14-4-2-5-15(12-14)27-13-16-22-18(28-23-16)19(6-9-20-10-7-19)24-11-3-8-21-24;/h2-5,8,11-12,20H,6-7,9-10,13H2,1H3;1H. The van der Waals surface area contributed by atoms with Crippen LogP contribution < -0.4 is 10.1 Å². The SMILES string of the molecule is COC(=O)c1cccc(OCc2noc(C3(n4cccn4)CCNCC3)n2)c1.Cl. The van der Waals surface area contributed by atoms with E-state index in [9.17, 15) is 4.79 Å². The molecule has 1 aliphatic rings. The Morgan fingerprint density at radius 3 is 2.86 bits per heavy atom. The number of benzene rings is 1. The summed E-state index contributed by atoms with van der Waals surface area (Å²) in [7, 11) is 1.34. The lowest BCUT2D eigenvalue weighted by Crippen LogP contribution is -2.45. The number of halogens is 1. The van der Waals surface area contributed by atoms with Gasteiger partial charge >= 0.3 is 5.97 Å². The Kier molecular flexibility index (Phi) is 6.50. The van der Waals surface area contributed by atoms with Crippen LogP contribution in [0.25, 0.3) is 0 Å². The van der Waals surface area contributed by atoms with Crippen LogP contribution in [-0.4, -0.2) is 46.1 Å². The highest BCUT2D eigenvalue weighted by Crippen LogP contribution is 2.33. The highest BCUT2D eigenvalue weighted by molar-refractivity contribution is 5.89. The van der Waals surface area contributed by atoms with E-state index in [1.54, 1.807) is 30.5 Å². The van der Waals surface area contributed by atoms with Crippen molar-refractivity contribution in [2.45, 2.75) is 25.0 Å². The summed E-state index contributed by atoms with van der Waals surface area (Å²) in [5.74, 6) is 1.07. The number of rotatable bonds is 6. The lowest BCUT2D eigenvalue weighted by molar-refractivity contribution is 0.0600. The van der Waals surface area contributed by atoms with Gasteiger partial charge in [0.25, 0.3) is 5.89 Å². The third-order valence-corrected chi connectivity index (χ3v) is 4.86. The third-order valence-electron chi connectivity index (χ3n) is 4.86. The van der Waals surface area contributed by atoms with Gasteiger partial charge in [-0.25, -0.2) is 4.79 Å². The maximum Gasteiger partial charge on any atom is 0.337 e. The van der Waals surface area contributed by atoms with Crippen molar-refractivity contribution in [2.24, 2.45) is 0 Å².